The fourth-order valence-electron chi connectivity index (χ4n) is 3.95. The lowest BCUT2D eigenvalue weighted by Crippen LogP contribution is -2.45. The van der Waals surface area contributed by atoms with Gasteiger partial charge in [-0.05, 0) is 43.9 Å². The zero-order valence-electron chi connectivity index (χ0n) is 12.9. The van der Waals surface area contributed by atoms with E-state index in [9.17, 15) is 13.5 Å². The van der Waals surface area contributed by atoms with E-state index in [1.165, 1.54) is 12.6 Å². The molecule has 0 radical (unpaired) electrons. The number of nitrogens with zero attached hydrogens (tertiary/aromatic N) is 3. The van der Waals surface area contributed by atoms with Crippen molar-refractivity contribution in [1.82, 2.24) is 9.97 Å². The van der Waals surface area contributed by atoms with Gasteiger partial charge >= 0.3 is 0 Å². The van der Waals surface area contributed by atoms with Gasteiger partial charge in [0, 0.05) is 23.7 Å². The molecule has 7 heteroatoms. The molecular formula is C16H19N3O3S. The van der Waals surface area contributed by atoms with Crippen molar-refractivity contribution in [3.05, 3.63) is 24.5 Å². The van der Waals surface area contributed by atoms with E-state index in [1.807, 2.05) is 0 Å². The topological polar surface area (TPSA) is 83.4 Å². The summed E-state index contributed by atoms with van der Waals surface area (Å²) in [4.78, 5) is 11.3. The van der Waals surface area contributed by atoms with E-state index in [0.717, 1.165) is 42.4 Å². The van der Waals surface area contributed by atoms with Crippen LogP contribution >= 0.6 is 0 Å². The van der Waals surface area contributed by atoms with Gasteiger partial charge < -0.3 is 10.0 Å². The summed E-state index contributed by atoms with van der Waals surface area (Å²) in [7, 11) is -3.28. The predicted octanol–water partition coefficient (Wildman–Crippen LogP) is 1.53. The number of aliphatic hydroxyl groups is 1. The summed E-state index contributed by atoms with van der Waals surface area (Å²) in [5.74, 6) is 0.792. The van der Waals surface area contributed by atoms with Gasteiger partial charge in [0.25, 0.3) is 0 Å². The minimum Gasteiger partial charge on any atom is -0.393 e. The fourth-order valence-corrected chi connectivity index (χ4v) is 4.60. The molecule has 0 aliphatic carbocycles. The number of piperidine rings is 1. The van der Waals surface area contributed by atoms with Gasteiger partial charge in [0.2, 0.25) is 0 Å². The van der Waals surface area contributed by atoms with Crippen LogP contribution in [-0.4, -0.2) is 47.9 Å². The van der Waals surface area contributed by atoms with E-state index in [4.69, 9.17) is 0 Å². The smallest absolute Gasteiger partial charge is 0.175 e. The molecule has 3 heterocycles. The van der Waals surface area contributed by atoms with Crippen LogP contribution < -0.4 is 4.90 Å². The molecule has 1 aromatic carbocycles. The molecule has 2 bridgehead atoms. The SMILES string of the molecule is CS(=O)(=O)c1ccc2ncnc(N3C4CCC3CC(O)C4)c2c1. The van der Waals surface area contributed by atoms with Crippen molar-refractivity contribution in [2.45, 2.75) is 48.8 Å². The summed E-state index contributed by atoms with van der Waals surface area (Å²) in [6.07, 6.45) is 6.06. The predicted molar refractivity (Wildman–Crippen MR) is 87.2 cm³/mol. The highest BCUT2D eigenvalue weighted by atomic mass is 32.2. The van der Waals surface area contributed by atoms with E-state index < -0.39 is 9.84 Å². The third-order valence-electron chi connectivity index (χ3n) is 4.97. The molecule has 2 fully saturated rings. The quantitative estimate of drug-likeness (QED) is 0.897. The molecule has 0 spiro atoms. The molecular weight excluding hydrogens is 314 g/mol. The highest BCUT2D eigenvalue weighted by molar-refractivity contribution is 7.90. The third-order valence-corrected chi connectivity index (χ3v) is 6.08. The van der Waals surface area contributed by atoms with Gasteiger partial charge in [0.05, 0.1) is 16.5 Å². The van der Waals surface area contributed by atoms with Crippen LogP contribution in [0.2, 0.25) is 0 Å². The van der Waals surface area contributed by atoms with Gasteiger partial charge in [-0.2, -0.15) is 0 Å². The Labute approximate surface area is 135 Å². The van der Waals surface area contributed by atoms with Crippen molar-refractivity contribution in [2.75, 3.05) is 11.2 Å². The maximum Gasteiger partial charge on any atom is 0.175 e. The Kier molecular flexibility index (Phi) is 3.32. The number of sulfone groups is 1. The number of fused-ring (bicyclic) bond motifs is 3. The number of hydrogen-bond acceptors (Lipinski definition) is 6. The maximum absolute atomic E-state index is 11.9. The zero-order valence-corrected chi connectivity index (χ0v) is 13.7. The van der Waals surface area contributed by atoms with E-state index >= 15 is 0 Å². The van der Waals surface area contributed by atoms with Crippen molar-refractivity contribution in [1.29, 1.82) is 0 Å². The molecule has 2 aliphatic heterocycles. The van der Waals surface area contributed by atoms with Crippen LogP contribution in [0.5, 0.6) is 0 Å². The Morgan fingerprint density at radius 2 is 1.87 bits per heavy atom. The average molecular weight is 333 g/mol. The first-order valence-electron chi connectivity index (χ1n) is 7.85. The Bertz CT molecular complexity index is 854. The first-order chi connectivity index (χ1) is 10.9. The summed E-state index contributed by atoms with van der Waals surface area (Å²) in [5.41, 5.74) is 0.743. The molecule has 1 N–H and O–H groups in total. The van der Waals surface area contributed by atoms with Crippen LogP contribution in [-0.2, 0) is 9.84 Å². The molecule has 2 saturated heterocycles. The summed E-state index contributed by atoms with van der Waals surface area (Å²) >= 11 is 0. The standard InChI is InChI=1S/C16H19N3O3S/c1-23(21,22)13-4-5-15-14(8-13)16(18-9-17-15)19-10-2-3-11(19)7-12(20)6-10/h4-5,8-12,20H,2-3,6-7H2,1H3. The number of benzene rings is 1. The Morgan fingerprint density at radius 1 is 1.17 bits per heavy atom. The summed E-state index contributed by atoms with van der Waals surface area (Å²) in [5, 5.41) is 10.7. The zero-order chi connectivity index (χ0) is 16.2. The van der Waals surface area contributed by atoms with Gasteiger partial charge in [0.1, 0.15) is 12.1 Å². The molecule has 2 atom stereocenters. The molecule has 2 aliphatic rings. The molecule has 0 amide bonds. The Hall–Kier alpha value is -1.73. The number of rotatable bonds is 2. The first-order valence-corrected chi connectivity index (χ1v) is 9.74. The van der Waals surface area contributed by atoms with Crippen LogP contribution in [0.15, 0.2) is 29.4 Å². The van der Waals surface area contributed by atoms with Gasteiger partial charge in [-0.3, -0.25) is 0 Å². The number of aromatic nitrogens is 2. The van der Waals surface area contributed by atoms with Crippen molar-refractivity contribution >= 4 is 26.6 Å². The second-order valence-corrected chi connectivity index (χ2v) is 8.58. The number of hydrogen-bond donors (Lipinski definition) is 1. The lowest BCUT2D eigenvalue weighted by Gasteiger charge is -2.38. The average Bonchev–Trinajstić information content (AvgIpc) is 2.76. The number of aliphatic hydroxyl groups excluding tert-OH is 1. The fraction of sp³-hybridized carbons (Fsp3) is 0.500. The Morgan fingerprint density at radius 3 is 2.52 bits per heavy atom. The molecule has 122 valence electrons. The minimum absolute atomic E-state index is 0.247. The second kappa shape index (κ2) is 5.14. The van der Waals surface area contributed by atoms with E-state index in [0.29, 0.717) is 0 Å². The molecule has 2 aromatic rings. The molecule has 0 saturated carbocycles. The van der Waals surface area contributed by atoms with Gasteiger partial charge in [-0.15, -0.1) is 0 Å². The molecule has 1 aromatic heterocycles. The normalized spacial score (nSPS) is 27.6. The summed E-state index contributed by atoms with van der Waals surface area (Å²) < 4.78 is 23.7. The van der Waals surface area contributed by atoms with Crippen LogP contribution in [0.1, 0.15) is 25.7 Å². The number of anilines is 1. The van der Waals surface area contributed by atoms with Crippen molar-refractivity contribution in [2.24, 2.45) is 0 Å². The van der Waals surface area contributed by atoms with Gasteiger partial charge in [-0.1, -0.05) is 0 Å². The maximum atomic E-state index is 11.9. The largest absolute Gasteiger partial charge is 0.393 e. The molecule has 23 heavy (non-hydrogen) atoms. The van der Waals surface area contributed by atoms with Crippen LogP contribution in [0.3, 0.4) is 0 Å². The lowest BCUT2D eigenvalue weighted by molar-refractivity contribution is 0.126. The highest BCUT2D eigenvalue weighted by Gasteiger charge is 2.41. The van der Waals surface area contributed by atoms with Gasteiger partial charge in [0.15, 0.2) is 9.84 Å². The highest BCUT2D eigenvalue weighted by Crippen LogP contribution is 2.40. The summed E-state index contributed by atoms with van der Waals surface area (Å²) in [6.45, 7) is 0. The first kappa shape index (κ1) is 14.8. The van der Waals surface area contributed by atoms with E-state index in [1.54, 1.807) is 18.2 Å². The molecule has 4 rings (SSSR count). The minimum atomic E-state index is -3.28. The molecule has 6 nitrogen and oxygen atoms in total. The van der Waals surface area contributed by atoms with Crippen molar-refractivity contribution in [3.8, 4) is 0 Å². The van der Waals surface area contributed by atoms with E-state index in [2.05, 4.69) is 14.9 Å². The lowest BCUT2D eigenvalue weighted by atomic mass is 9.99. The second-order valence-electron chi connectivity index (χ2n) is 6.57. The van der Waals surface area contributed by atoms with Crippen LogP contribution in [0.4, 0.5) is 5.82 Å². The molecule has 2 unspecified atom stereocenters. The van der Waals surface area contributed by atoms with Crippen molar-refractivity contribution in [3.63, 3.8) is 0 Å². The van der Waals surface area contributed by atoms with Crippen molar-refractivity contribution < 1.29 is 13.5 Å². The van der Waals surface area contributed by atoms with Crippen LogP contribution in [0.25, 0.3) is 10.9 Å². The van der Waals surface area contributed by atoms with Crippen LogP contribution in [0, 0.1) is 0 Å². The Balaban J connectivity index is 1.87. The monoisotopic (exact) mass is 333 g/mol. The third kappa shape index (κ3) is 2.48. The van der Waals surface area contributed by atoms with Gasteiger partial charge in [-0.25, -0.2) is 18.4 Å². The summed E-state index contributed by atoms with van der Waals surface area (Å²) in [6, 6.07) is 5.53. The van der Waals surface area contributed by atoms with E-state index in [-0.39, 0.29) is 23.1 Å².